The van der Waals surface area contributed by atoms with Crippen LogP contribution in [0.25, 0.3) is 0 Å². The summed E-state index contributed by atoms with van der Waals surface area (Å²) in [6.45, 7) is 6.91. The number of aromatic nitrogens is 2. The molecule has 0 unspecified atom stereocenters. The van der Waals surface area contributed by atoms with Crippen LogP contribution in [-0.4, -0.2) is 44.6 Å². The molecule has 0 aliphatic carbocycles. The van der Waals surface area contributed by atoms with Gasteiger partial charge in [-0.15, -0.1) is 0 Å². The van der Waals surface area contributed by atoms with Crippen molar-refractivity contribution < 1.29 is 17.5 Å². The van der Waals surface area contributed by atoms with E-state index in [1.54, 1.807) is 6.92 Å². The van der Waals surface area contributed by atoms with E-state index in [9.17, 15) is 12.8 Å². The molecule has 0 atom stereocenters. The molecule has 0 saturated heterocycles. The average Bonchev–Trinajstić information content (AvgIpc) is 2.60. The summed E-state index contributed by atoms with van der Waals surface area (Å²) in [5.74, 6) is 0.392. The zero-order valence-electron chi connectivity index (χ0n) is 15.5. The molecule has 27 heavy (non-hydrogen) atoms. The molecule has 1 aromatic carbocycles. The topological polar surface area (TPSA) is 105 Å². The zero-order chi connectivity index (χ0) is 19.9. The average molecular weight is 397 g/mol. The van der Waals surface area contributed by atoms with Crippen molar-refractivity contribution in [2.24, 2.45) is 0 Å². The third-order valence-corrected chi connectivity index (χ3v) is 4.88. The van der Waals surface area contributed by atoms with Crippen molar-refractivity contribution in [3.63, 3.8) is 0 Å². The maximum atomic E-state index is 13.9. The van der Waals surface area contributed by atoms with Crippen LogP contribution in [-0.2, 0) is 10.0 Å². The Bertz CT molecular complexity index is 877. The van der Waals surface area contributed by atoms with E-state index in [2.05, 4.69) is 25.3 Å². The fourth-order valence-electron chi connectivity index (χ4n) is 2.28. The number of benzene rings is 1. The summed E-state index contributed by atoms with van der Waals surface area (Å²) >= 11 is 0. The second-order valence-corrected chi connectivity index (χ2v) is 7.37. The summed E-state index contributed by atoms with van der Waals surface area (Å²) in [4.78, 5) is 8.36. The second kappa shape index (κ2) is 9.47. The Hall–Kier alpha value is -2.46. The number of hydrogen-bond donors (Lipinski definition) is 3. The normalized spacial score (nSPS) is 11.3. The summed E-state index contributed by atoms with van der Waals surface area (Å²) in [6.07, 6.45) is 0. The highest BCUT2D eigenvalue weighted by Crippen LogP contribution is 2.20. The van der Waals surface area contributed by atoms with Gasteiger partial charge in [0.1, 0.15) is 5.82 Å². The first-order valence-corrected chi connectivity index (χ1v) is 10.1. The van der Waals surface area contributed by atoms with Crippen molar-refractivity contribution in [2.45, 2.75) is 25.7 Å². The lowest BCUT2D eigenvalue weighted by Gasteiger charge is -2.11. The molecule has 0 aliphatic heterocycles. The highest BCUT2D eigenvalue weighted by atomic mass is 32.2. The standard InChI is InChI=1S/C17H24FN5O3S/c1-4-19-16-10-12(3)22-17(23-16)20-8-9-21-27(24,25)13-6-7-15(26-5-2)14(18)11-13/h6-7,10-11,21H,4-5,8-9H2,1-3H3,(H2,19,20,22,23). The van der Waals surface area contributed by atoms with Gasteiger partial charge < -0.3 is 15.4 Å². The minimum Gasteiger partial charge on any atom is -0.491 e. The number of halogens is 1. The summed E-state index contributed by atoms with van der Waals surface area (Å²) in [7, 11) is -3.83. The van der Waals surface area contributed by atoms with Crippen LogP contribution in [0.2, 0.25) is 0 Å². The van der Waals surface area contributed by atoms with Crippen LogP contribution in [0.5, 0.6) is 5.75 Å². The molecule has 1 heterocycles. The van der Waals surface area contributed by atoms with Crippen LogP contribution in [0.3, 0.4) is 0 Å². The van der Waals surface area contributed by atoms with E-state index < -0.39 is 15.8 Å². The lowest BCUT2D eigenvalue weighted by Crippen LogP contribution is -2.29. The Morgan fingerprint density at radius 2 is 1.89 bits per heavy atom. The minimum atomic E-state index is -3.83. The fraction of sp³-hybridized carbons (Fsp3) is 0.412. The van der Waals surface area contributed by atoms with Gasteiger partial charge in [0, 0.05) is 31.4 Å². The maximum Gasteiger partial charge on any atom is 0.240 e. The number of hydrogen-bond acceptors (Lipinski definition) is 7. The third-order valence-electron chi connectivity index (χ3n) is 3.43. The summed E-state index contributed by atoms with van der Waals surface area (Å²) in [6, 6.07) is 5.36. The van der Waals surface area contributed by atoms with Crippen LogP contribution in [0.15, 0.2) is 29.2 Å². The monoisotopic (exact) mass is 397 g/mol. The largest absolute Gasteiger partial charge is 0.491 e. The van der Waals surface area contributed by atoms with Gasteiger partial charge in [-0.2, -0.15) is 4.98 Å². The molecular weight excluding hydrogens is 373 g/mol. The van der Waals surface area contributed by atoms with Gasteiger partial charge in [0.15, 0.2) is 11.6 Å². The second-order valence-electron chi connectivity index (χ2n) is 5.60. The lowest BCUT2D eigenvalue weighted by atomic mass is 10.3. The Morgan fingerprint density at radius 3 is 2.56 bits per heavy atom. The van der Waals surface area contributed by atoms with E-state index in [0.29, 0.717) is 18.4 Å². The molecular formula is C17H24FN5O3S. The minimum absolute atomic E-state index is 0.0196. The zero-order valence-corrected chi connectivity index (χ0v) is 16.4. The van der Waals surface area contributed by atoms with Gasteiger partial charge >= 0.3 is 0 Å². The van der Waals surface area contributed by atoms with Gasteiger partial charge in [-0.1, -0.05) is 0 Å². The molecule has 0 bridgehead atoms. The molecule has 1 aromatic heterocycles. The summed E-state index contributed by atoms with van der Waals surface area (Å²) < 4.78 is 45.9. The first kappa shape index (κ1) is 20.8. The van der Waals surface area contributed by atoms with Crippen molar-refractivity contribution >= 4 is 21.8 Å². The Kier molecular flexibility index (Phi) is 7.31. The first-order chi connectivity index (χ1) is 12.9. The summed E-state index contributed by atoms with van der Waals surface area (Å²) in [5.41, 5.74) is 0.786. The molecule has 0 fully saturated rings. The molecule has 0 radical (unpaired) electrons. The van der Waals surface area contributed by atoms with Crippen molar-refractivity contribution in [2.75, 3.05) is 36.9 Å². The van der Waals surface area contributed by atoms with Crippen LogP contribution in [0, 0.1) is 12.7 Å². The van der Waals surface area contributed by atoms with Crippen LogP contribution in [0.4, 0.5) is 16.2 Å². The van der Waals surface area contributed by atoms with E-state index in [-0.39, 0.29) is 23.7 Å². The number of sulfonamides is 1. The van der Waals surface area contributed by atoms with Gasteiger partial charge in [-0.05, 0) is 39.0 Å². The Balaban J connectivity index is 1.93. The number of rotatable bonds is 10. The number of anilines is 2. The maximum absolute atomic E-state index is 13.9. The SMILES string of the molecule is CCNc1cc(C)nc(NCCNS(=O)(=O)c2ccc(OCC)c(F)c2)n1. The smallest absolute Gasteiger partial charge is 0.240 e. The van der Waals surface area contributed by atoms with Crippen molar-refractivity contribution in [3.05, 3.63) is 35.8 Å². The number of ether oxygens (including phenoxy) is 1. The van der Waals surface area contributed by atoms with Gasteiger partial charge in [0.25, 0.3) is 0 Å². The van der Waals surface area contributed by atoms with E-state index in [0.717, 1.165) is 18.3 Å². The van der Waals surface area contributed by atoms with Gasteiger partial charge in [-0.25, -0.2) is 22.5 Å². The molecule has 3 N–H and O–H groups in total. The van der Waals surface area contributed by atoms with Crippen molar-refractivity contribution in [1.82, 2.24) is 14.7 Å². The van der Waals surface area contributed by atoms with E-state index in [1.807, 2.05) is 19.9 Å². The molecule has 148 valence electrons. The Labute approximate surface area is 158 Å². The quantitative estimate of drug-likeness (QED) is 0.528. The molecule has 2 rings (SSSR count). The van der Waals surface area contributed by atoms with Crippen LogP contribution < -0.4 is 20.1 Å². The summed E-state index contributed by atoms with van der Waals surface area (Å²) in [5, 5.41) is 6.06. The highest BCUT2D eigenvalue weighted by molar-refractivity contribution is 7.89. The predicted molar refractivity (Wildman–Crippen MR) is 102 cm³/mol. The molecule has 2 aromatic rings. The van der Waals surface area contributed by atoms with E-state index in [4.69, 9.17) is 4.74 Å². The molecule has 0 aliphatic rings. The van der Waals surface area contributed by atoms with Crippen LogP contribution in [0.1, 0.15) is 19.5 Å². The molecule has 0 spiro atoms. The number of aryl methyl sites for hydroxylation is 1. The first-order valence-electron chi connectivity index (χ1n) is 8.61. The number of nitrogens with one attached hydrogen (secondary N) is 3. The van der Waals surface area contributed by atoms with Gasteiger partial charge in [-0.3, -0.25) is 0 Å². The van der Waals surface area contributed by atoms with Crippen LogP contribution >= 0.6 is 0 Å². The van der Waals surface area contributed by atoms with Gasteiger partial charge in [0.05, 0.1) is 11.5 Å². The van der Waals surface area contributed by atoms with Gasteiger partial charge in [0.2, 0.25) is 16.0 Å². The van der Waals surface area contributed by atoms with E-state index >= 15 is 0 Å². The Morgan fingerprint density at radius 1 is 1.11 bits per heavy atom. The fourth-order valence-corrected chi connectivity index (χ4v) is 3.33. The molecule has 0 saturated carbocycles. The van der Waals surface area contributed by atoms with Crippen molar-refractivity contribution in [1.29, 1.82) is 0 Å². The highest BCUT2D eigenvalue weighted by Gasteiger charge is 2.16. The van der Waals surface area contributed by atoms with Crippen molar-refractivity contribution in [3.8, 4) is 5.75 Å². The van der Waals surface area contributed by atoms with E-state index in [1.165, 1.54) is 12.1 Å². The predicted octanol–water partition coefficient (Wildman–Crippen LogP) is 2.15. The third kappa shape index (κ3) is 6.04. The lowest BCUT2D eigenvalue weighted by molar-refractivity contribution is 0.321. The molecule has 10 heteroatoms. The molecule has 0 amide bonds. The molecule has 8 nitrogen and oxygen atoms in total. The number of nitrogens with zero attached hydrogens (tertiary/aromatic N) is 2.